The number of anilines is 1. The summed E-state index contributed by atoms with van der Waals surface area (Å²) >= 11 is 0. The number of rotatable bonds is 7. The number of pyridine rings is 1. The van der Waals surface area contributed by atoms with Crippen LogP contribution in [0.25, 0.3) is 11.0 Å². The Bertz CT molecular complexity index is 1150. The van der Waals surface area contributed by atoms with Gasteiger partial charge in [-0.2, -0.15) is 0 Å². The fourth-order valence-electron chi connectivity index (χ4n) is 5.44. The molecule has 2 saturated heterocycles. The molecule has 2 unspecified atom stereocenters. The van der Waals surface area contributed by atoms with E-state index in [1.54, 1.807) is 6.07 Å². The lowest BCUT2D eigenvalue weighted by Gasteiger charge is -2.46. The standard InChI is InChI=1S/C26H32FN5O2/c1-30(21-8-9-21)15-20-3-2-4-25(28-20)33-17-18-5-7-22-16-32(12-11-31(22)14-18)26-23-13-19(27)6-10-24(23)34-29-26/h2-4,6,10,13,18,21-22H,5,7-9,11-12,14-17H2,1H3. The van der Waals surface area contributed by atoms with E-state index >= 15 is 0 Å². The van der Waals surface area contributed by atoms with Gasteiger partial charge < -0.3 is 14.2 Å². The second-order valence-corrected chi connectivity index (χ2v) is 10.1. The molecule has 2 atom stereocenters. The lowest BCUT2D eigenvalue weighted by Crippen LogP contribution is -2.57. The lowest BCUT2D eigenvalue weighted by atomic mass is 9.91. The maximum atomic E-state index is 13.8. The van der Waals surface area contributed by atoms with E-state index in [0.29, 0.717) is 24.1 Å². The highest BCUT2D eigenvalue weighted by atomic mass is 19.1. The molecular formula is C26H32FN5O2. The van der Waals surface area contributed by atoms with Gasteiger partial charge in [0.25, 0.3) is 0 Å². The first-order valence-corrected chi connectivity index (χ1v) is 12.5. The van der Waals surface area contributed by atoms with Crippen molar-refractivity contribution in [3.05, 3.63) is 47.9 Å². The number of aromatic nitrogens is 2. The molecule has 2 aromatic heterocycles. The van der Waals surface area contributed by atoms with Crippen LogP contribution in [0.1, 0.15) is 31.4 Å². The number of benzene rings is 1. The quantitative estimate of drug-likeness (QED) is 0.524. The smallest absolute Gasteiger partial charge is 0.213 e. The Hall–Kier alpha value is -2.71. The minimum atomic E-state index is -0.258. The van der Waals surface area contributed by atoms with Crippen LogP contribution in [0.2, 0.25) is 0 Å². The number of piperidine rings is 1. The summed E-state index contributed by atoms with van der Waals surface area (Å²) < 4.78 is 25.3. The summed E-state index contributed by atoms with van der Waals surface area (Å²) in [7, 11) is 2.18. The van der Waals surface area contributed by atoms with E-state index in [-0.39, 0.29) is 5.82 Å². The van der Waals surface area contributed by atoms with E-state index in [1.165, 1.54) is 25.0 Å². The molecule has 180 valence electrons. The number of hydrogen-bond donors (Lipinski definition) is 0. The number of nitrogens with zero attached hydrogens (tertiary/aromatic N) is 5. The Labute approximate surface area is 199 Å². The van der Waals surface area contributed by atoms with E-state index in [0.717, 1.165) is 74.4 Å². The van der Waals surface area contributed by atoms with Gasteiger partial charge in [0.05, 0.1) is 17.7 Å². The summed E-state index contributed by atoms with van der Waals surface area (Å²) in [6.07, 6.45) is 4.86. The highest BCUT2D eigenvalue weighted by Crippen LogP contribution is 2.32. The second kappa shape index (κ2) is 9.15. The van der Waals surface area contributed by atoms with Crippen molar-refractivity contribution in [1.29, 1.82) is 0 Å². The van der Waals surface area contributed by atoms with Crippen LogP contribution in [0.15, 0.2) is 40.9 Å². The van der Waals surface area contributed by atoms with Gasteiger partial charge in [0.1, 0.15) is 5.82 Å². The van der Waals surface area contributed by atoms with Gasteiger partial charge in [-0.15, -0.1) is 0 Å². The lowest BCUT2D eigenvalue weighted by molar-refractivity contribution is 0.0716. The van der Waals surface area contributed by atoms with Crippen molar-refractivity contribution >= 4 is 16.8 Å². The molecule has 0 bridgehead atoms. The van der Waals surface area contributed by atoms with Gasteiger partial charge in [-0.3, -0.25) is 9.80 Å². The summed E-state index contributed by atoms with van der Waals surface area (Å²) in [5.41, 5.74) is 1.71. The van der Waals surface area contributed by atoms with Crippen molar-refractivity contribution in [2.24, 2.45) is 5.92 Å². The number of piperazine rings is 1. The Morgan fingerprint density at radius 2 is 2.03 bits per heavy atom. The van der Waals surface area contributed by atoms with Crippen molar-refractivity contribution in [3.63, 3.8) is 0 Å². The molecule has 6 rings (SSSR count). The molecular weight excluding hydrogens is 433 g/mol. The van der Waals surface area contributed by atoms with Crippen molar-refractivity contribution < 1.29 is 13.7 Å². The maximum absolute atomic E-state index is 13.8. The molecule has 3 fully saturated rings. The first kappa shape index (κ1) is 21.8. The molecule has 1 saturated carbocycles. The molecule has 3 aliphatic rings. The Kier molecular flexibility index (Phi) is 5.87. The van der Waals surface area contributed by atoms with Crippen LogP contribution in [0.3, 0.4) is 0 Å². The van der Waals surface area contributed by atoms with Gasteiger partial charge in [0.2, 0.25) is 5.88 Å². The van der Waals surface area contributed by atoms with Crippen LogP contribution in [-0.2, 0) is 6.54 Å². The number of hydrogen-bond acceptors (Lipinski definition) is 7. The first-order chi connectivity index (χ1) is 16.6. The summed E-state index contributed by atoms with van der Waals surface area (Å²) in [6, 6.07) is 11.9. The van der Waals surface area contributed by atoms with Crippen LogP contribution in [-0.4, -0.2) is 71.9 Å². The van der Waals surface area contributed by atoms with Crippen molar-refractivity contribution in [2.45, 2.75) is 44.3 Å². The molecule has 0 N–H and O–H groups in total. The highest BCUT2D eigenvalue weighted by Gasteiger charge is 2.34. The van der Waals surface area contributed by atoms with Gasteiger partial charge >= 0.3 is 0 Å². The van der Waals surface area contributed by atoms with Crippen LogP contribution in [0.4, 0.5) is 10.2 Å². The summed E-state index contributed by atoms with van der Waals surface area (Å²) in [5.74, 6) is 1.74. The minimum Gasteiger partial charge on any atom is -0.477 e. The van der Waals surface area contributed by atoms with Crippen LogP contribution in [0, 0.1) is 11.7 Å². The molecule has 1 aromatic carbocycles. The molecule has 4 heterocycles. The van der Waals surface area contributed by atoms with E-state index in [2.05, 4.69) is 33.0 Å². The normalized spacial score (nSPS) is 23.4. The van der Waals surface area contributed by atoms with Crippen molar-refractivity contribution in [3.8, 4) is 5.88 Å². The SMILES string of the molecule is CN(Cc1cccc(OCC2CCC3CN(c4noc5ccc(F)cc45)CCN3C2)n1)C1CC1. The van der Waals surface area contributed by atoms with Crippen LogP contribution in [0.5, 0.6) is 5.88 Å². The van der Waals surface area contributed by atoms with Crippen LogP contribution < -0.4 is 9.64 Å². The zero-order chi connectivity index (χ0) is 23.1. The van der Waals surface area contributed by atoms with Crippen LogP contribution >= 0.6 is 0 Å². The third kappa shape index (κ3) is 4.61. The number of fused-ring (bicyclic) bond motifs is 2. The molecule has 34 heavy (non-hydrogen) atoms. The molecule has 0 radical (unpaired) electrons. The fraction of sp³-hybridized carbons (Fsp3) is 0.538. The largest absolute Gasteiger partial charge is 0.477 e. The fourth-order valence-corrected chi connectivity index (χ4v) is 5.44. The Balaban J connectivity index is 1.03. The minimum absolute atomic E-state index is 0.258. The van der Waals surface area contributed by atoms with E-state index in [4.69, 9.17) is 14.2 Å². The molecule has 3 aromatic rings. The highest BCUT2D eigenvalue weighted by molar-refractivity contribution is 5.88. The molecule has 0 amide bonds. The summed E-state index contributed by atoms with van der Waals surface area (Å²) in [5, 5.41) is 5.01. The average molecular weight is 466 g/mol. The van der Waals surface area contributed by atoms with Crippen molar-refractivity contribution in [1.82, 2.24) is 19.9 Å². The first-order valence-electron chi connectivity index (χ1n) is 12.5. The molecule has 8 heteroatoms. The second-order valence-electron chi connectivity index (χ2n) is 10.1. The zero-order valence-electron chi connectivity index (χ0n) is 19.7. The monoisotopic (exact) mass is 465 g/mol. The molecule has 1 aliphatic carbocycles. The van der Waals surface area contributed by atoms with Gasteiger partial charge in [0.15, 0.2) is 11.4 Å². The summed E-state index contributed by atoms with van der Waals surface area (Å²) in [6.45, 7) is 5.34. The Morgan fingerprint density at radius 3 is 2.91 bits per heavy atom. The van der Waals surface area contributed by atoms with E-state index in [9.17, 15) is 4.39 Å². The predicted molar refractivity (Wildman–Crippen MR) is 128 cm³/mol. The van der Waals surface area contributed by atoms with Crippen molar-refractivity contribution in [2.75, 3.05) is 44.7 Å². The summed E-state index contributed by atoms with van der Waals surface area (Å²) in [4.78, 5) is 11.9. The maximum Gasteiger partial charge on any atom is 0.213 e. The van der Waals surface area contributed by atoms with E-state index < -0.39 is 0 Å². The third-order valence-corrected chi connectivity index (χ3v) is 7.55. The molecule has 7 nitrogen and oxygen atoms in total. The number of halogens is 1. The predicted octanol–water partition coefficient (Wildman–Crippen LogP) is 3.94. The van der Waals surface area contributed by atoms with E-state index in [1.807, 2.05) is 12.1 Å². The van der Waals surface area contributed by atoms with Gasteiger partial charge in [-0.05, 0) is 57.0 Å². The average Bonchev–Trinajstić information content (AvgIpc) is 3.63. The molecule has 0 spiro atoms. The topological polar surface area (TPSA) is 57.9 Å². The number of ether oxygens (including phenoxy) is 1. The van der Waals surface area contributed by atoms with Gasteiger partial charge in [-0.25, -0.2) is 9.37 Å². The third-order valence-electron chi connectivity index (χ3n) is 7.55. The van der Waals surface area contributed by atoms with Gasteiger partial charge in [0, 0.05) is 56.8 Å². The van der Waals surface area contributed by atoms with Gasteiger partial charge in [-0.1, -0.05) is 11.2 Å². The molecule has 2 aliphatic heterocycles. The Morgan fingerprint density at radius 1 is 1.12 bits per heavy atom. The zero-order valence-corrected chi connectivity index (χ0v) is 19.7.